The number of rotatable bonds is 4. The molecule has 0 aliphatic heterocycles. The van der Waals surface area contributed by atoms with Gasteiger partial charge in [-0.2, -0.15) is 13.2 Å². The Morgan fingerprint density at radius 2 is 2.00 bits per heavy atom. The summed E-state index contributed by atoms with van der Waals surface area (Å²) in [5, 5.41) is 9.13. The number of thioether (sulfide) groups is 1. The molecule has 132 valence electrons. The second kappa shape index (κ2) is 6.49. The Balaban J connectivity index is 1.52. The molecule has 0 atom stereocenters. The van der Waals surface area contributed by atoms with Crippen LogP contribution in [0.3, 0.4) is 0 Å². The zero-order valence-electron chi connectivity index (χ0n) is 13.1. The Bertz CT molecular complexity index is 1060. The van der Waals surface area contributed by atoms with Gasteiger partial charge in [0, 0.05) is 23.5 Å². The molecule has 3 aromatic heterocycles. The lowest BCUT2D eigenvalue weighted by molar-refractivity contribution is -0.137. The molecule has 26 heavy (non-hydrogen) atoms. The van der Waals surface area contributed by atoms with Crippen molar-refractivity contribution >= 4 is 22.8 Å². The van der Waals surface area contributed by atoms with Gasteiger partial charge in [-0.05, 0) is 23.8 Å². The van der Waals surface area contributed by atoms with Crippen LogP contribution in [0.4, 0.5) is 13.2 Å². The number of nitrogens with one attached hydrogen (secondary N) is 1. The van der Waals surface area contributed by atoms with Crippen molar-refractivity contribution in [3.8, 4) is 11.5 Å². The predicted molar refractivity (Wildman–Crippen MR) is 90.4 cm³/mol. The fourth-order valence-corrected chi connectivity index (χ4v) is 3.21. The smallest absolute Gasteiger partial charge is 0.411 e. The third kappa shape index (κ3) is 3.30. The van der Waals surface area contributed by atoms with E-state index in [1.807, 2.05) is 6.07 Å². The summed E-state index contributed by atoms with van der Waals surface area (Å²) in [5.74, 6) is 0.630. The topological polar surface area (TPSA) is 67.6 Å². The van der Waals surface area contributed by atoms with Crippen LogP contribution >= 0.6 is 11.8 Å². The van der Waals surface area contributed by atoms with Crippen molar-refractivity contribution in [1.82, 2.24) is 20.2 Å². The van der Waals surface area contributed by atoms with Gasteiger partial charge < -0.3 is 9.40 Å². The molecule has 0 amide bonds. The molecule has 0 bridgehead atoms. The molecule has 1 aromatic carbocycles. The maximum absolute atomic E-state index is 12.8. The van der Waals surface area contributed by atoms with E-state index < -0.39 is 11.7 Å². The average Bonchev–Trinajstić information content (AvgIpc) is 3.28. The van der Waals surface area contributed by atoms with Crippen molar-refractivity contribution in [2.75, 3.05) is 0 Å². The van der Waals surface area contributed by atoms with Crippen molar-refractivity contribution in [3.63, 3.8) is 0 Å². The molecule has 4 aromatic rings. The van der Waals surface area contributed by atoms with Crippen molar-refractivity contribution in [2.45, 2.75) is 17.2 Å². The first-order chi connectivity index (χ1) is 12.5. The molecule has 0 saturated heterocycles. The van der Waals surface area contributed by atoms with E-state index in [1.165, 1.54) is 17.8 Å². The number of pyridine rings is 1. The monoisotopic (exact) mass is 376 g/mol. The maximum Gasteiger partial charge on any atom is 0.416 e. The molecule has 9 heteroatoms. The first-order valence-corrected chi connectivity index (χ1v) is 8.54. The zero-order chi connectivity index (χ0) is 18.1. The van der Waals surface area contributed by atoms with E-state index in [2.05, 4.69) is 20.2 Å². The molecule has 4 rings (SSSR count). The van der Waals surface area contributed by atoms with Crippen LogP contribution in [-0.4, -0.2) is 20.2 Å². The molecule has 0 radical (unpaired) electrons. The second-order valence-electron chi connectivity index (χ2n) is 5.46. The number of nitrogens with zero attached hydrogens (tertiary/aromatic N) is 3. The van der Waals surface area contributed by atoms with Crippen molar-refractivity contribution in [3.05, 3.63) is 59.9 Å². The number of hydrogen-bond acceptors (Lipinski definition) is 5. The fraction of sp³-hybridized carbons (Fsp3) is 0.118. The van der Waals surface area contributed by atoms with E-state index in [9.17, 15) is 13.2 Å². The summed E-state index contributed by atoms with van der Waals surface area (Å²) in [6, 6.07) is 8.81. The zero-order valence-corrected chi connectivity index (χ0v) is 13.9. The number of aromatic nitrogens is 4. The van der Waals surface area contributed by atoms with E-state index >= 15 is 0 Å². The number of H-pyrrole nitrogens is 1. The summed E-state index contributed by atoms with van der Waals surface area (Å²) in [6.07, 6.45) is -0.962. The first kappa shape index (κ1) is 16.6. The minimum atomic E-state index is -4.36. The molecular weight excluding hydrogens is 365 g/mol. The Morgan fingerprint density at radius 3 is 2.85 bits per heavy atom. The Hall–Kier alpha value is -2.81. The number of hydrogen-bond donors (Lipinski definition) is 1. The summed E-state index contributed by atoms with van der Waals surface area (Å²) in [5.41, 5.74) is 1.31. The van der Waals surface area contributed by atoms with Crippen LogP contribution in [0.2, 0.25) is 0 Å². The van der Waals surface area contributed by atoms with Crippen molar-refractivity contribution in [1.29, 1.82) is 0 Å². The van der Waals surface area contributed by atoms with Crippen LogP contribution in [0.25, 0.3) is 22.5 Å². The van der Waals surface area contributed by atoms with Crippen LogP contribution < -0.4 is 0 Å². The normalized spacial score (nSPS) is 12.0. The Labute approximate surface area is 149 Å². The number of alkyl halides is 3. The molecule has 0 saturated carbocycles. The molecule has 0 aliphatic rings. The molecule has 3 heterocycles. The minimum Gasteiger partial charge on any atom is -0.411 e. The third-order valence-corrected chi connectivity index (χ3v) is 4.60. The van der Waals surface area contributed by atoms with Gasteiger partial charge in [0.2, 0.25) is 5.89 Å². The van der Waals surface area contributed by atoms with Gasteiger partial charge in [-0.25, -0.2) is 4.98 Å². The Morgan fingerprint density at radius 1 is 1.12 bits per heavy atom. The number of benzene rings is 1. The highest BCUT2D eigenvalue weighted by Gasteiger charge is 2.30. The maximum atomic E-state index is 12.8. The van der Waals surface area contributed by atoms with Gasteiger partial charge in [0.25, 0.3) is 5.22 Å². The van der Waals surface area contributed by atoms with Crippen LogP contribution in [0, 0.1) is 0 Å². The van der Waals surface area contributed by atoms with Gasteiger partial charge in [-0.3, -0.25) is 0 Å². The van der Waals surface area contributed by atoms with Gasteiger partial charge in [0.1, 0.15) is 5.65 Å². The molecule has 5 nitrogen and oxygen atoms in total. The van der Waals surface area contributed by atoms with Crippen LogP contribution in [-0.2, 0) is 11.9 Å². The van der Waals surface area contributed by atoms with Crippen LogP contribution in [0.5, 0.6) is 0 Å². The molecule has 0 aliphatic carbocycles. The molecular formula is C17H11F3N4OS. The van der Waals surface area contributed by atoms with Gasteiger partial charge in [-0.1, -0.05) is 30.0 Å². The molecule has 0 spiro atoms. The largest absolute Gasteiger partial charge is 0.416 e. The van der Waals surface area contributed by atoms with Gasteiger partial charge in [-0.15, -0.1) is 10.2 Å². The highest BCUT2D eigenvalue weighted by atomic mass is 32.2. The van der Waals surface area contributed by atoms with E-state index in [0.29, 0.717) is 22.9 Å². The lowest BCUT2D eigenvalue weighted by atomic mass is 10.1. The molecule has 0 fully saturated rings. The highest BCUT2D eigenvalue weighted by molar-refractivity contribution is 7.98. The highest BCUT2D eigenvalue weighted by Crippen LogP contribution is 2.32. The second-order valence-corrected chi connectivity index (χ2v) is 6.38. The summed E-state index contributed by atoms with van der Waals surface area (Å²) >= 11 is 1.18. The van der Waals surface area contributed by atoms with Crippen molar-refractivity contribution < 1.29 is 17.6 Å². The fourth-order valence-electron chi connectivity index (χ4n) is 2.51. The first-order valence-electron chi connectivity index (χ1n) is 7.55. The lowest BCUT2D eigenvalue weighted by Gasteiger charge is -2.07. The number of halogens is 3. The SMILES string of the molecule is FC(F)(F)c1cccc(CSc2nnc(-c3ccnc4[nH]ccc34)o2)c1. The van der Waals surface area contributed by atoms with E-state index in [0.717, 1.165) is 23.1 Å². The Kier molecular flexibility index (Phi) is 4.15. The minimum absolute atomic E-state index is 0.290. The number of aromatic amines is 1. The quantitative estimate of drug-likeness (QED) is 0.512. The third-order valence-electron chi connectivity index (χ3n) is 3.71. The number of fused-ring (bicyclic) bond motifs is 1. The van der Waals surface area contributed by atoms with Gasteiger partial charge >= 0.3 is 6.18 Å². The summed E-state index contributed by atoms with van der Waals surface area (Å²) < 4.78 is 43.9. The summed E-state index contributed by atoms with van der Waals surface area (Å²) in [6.45, 7) is 0. The average molecular weight is 376 g/mol. The summed E-state index contributed by atoms with van der Waals surface area (Å²) in [4.78, 5) is 7.20. The van der Waals surface area contributed by atoms with Crippen molar-refractivity contribution in [2.24, 2.45) is 0 Å². The molecule has 0 unspecified atom stereocenters. The van der Waals surface area contributed by atoms with Crippen LogP contribution in [0.1, 0.15) is 11.1 Å². The van der Waals surface area contributed by atoms with E-state index in [4.69, 9.17) is 4.42 Å². The standard InChI is InChI=1S/C17H11F3N4OS/c18-17(19,20)11-3-1-2-10(8-11)9-26-16-24-23-15(25-16)13-5-7-22-14-12(13)4-6-21-14/h1-8H,9H2,(H,21,22). The van der Waals surface area contributed by atoms with Gasteiger partial charge in [0.05, 0.1) is 11.1 Å². The van der Waals surface area contributed by atoms with Crippen LogP contribution in [0.15, 0.2) is 58.4 Å². The van der Waals surface area contributed by atoms with E-state index in [-0.39, 0.29) is 5.22 Å². The summed E-state index contributed by atoms with van der Waals surface area (Å²) in [7, 11) is 0. The predicted octanol–water partition coefficient (Wildman–Crippen LogP) is 4.92. The van der Waals surface area contributed by atoms with Gasteiger partial charge in [0.15, 0.2) is 0 Å². The van der Waals surface area contributed by atoms with E-state index in [1.54, 1.807) is 24.5 Å². The molecule has 1 N–H and O–H groups in total. The lowest BCUT2D eigenvalue weighted by Crippen LogP contribution is -2.04.